The minimum atomic E-state index is -3.56. The van der Waals surface area contributed by atoms with Crippen LogP contribution in [0.15, 0.2) is 47.4 Å². The lowest BCUT2D eigenvalue weighted by Gasteiger charge is -2.17. The molecule has 1 atom stereocenters. The van der Waals surface area contributed by atoms with E-state index in [-0.39, 0.29) is 10.8 Å². The summed E-state index contributed by atoms with van der Waals surface area (Å²) >= 11 is 6.09. The molecule has 0 spiro atoms. The van der Waals surface area contributed by atoms with E-state index in [0.717, 1.165) is 15.6 Å². The standard InChI is InChI=1S/C18H22ClN3O3S/c1-12-8-9-15(11-17(12)19)20-13(2)18(23)21-14-6-5-7-16(10-14)26(24,25)22(3)4/h5-11,13,20H,1-4H3,(H,21,23)/t13-/m0/s1. The molecule has 0 heterocycles. The van der Waals surface area contributed by atoms with Gasteiger partial charge < -0.3 is 10.6 Å². The minimum absolute atomic E-state index is 0.117. The third-order valence-electron chi connectivity index (χ3n) is 3.83. The Hall–Kier alpha value is -2.09. The Morgan fingerprint density at radius 2 is 1.81 bits per heavy atom. The zero-order valence-corrected chi connectivity index (χ0v) is 16.6. The molecule has 0 fully saturated rings. The molecule has 6 nitrogen and oxygen atoms in total. The molecule has 8 heteroatoms. The fraction of sp³-hybridized carbons (Fsp3) is 0.278. The predicted octanol–water partition coefficient (Wildman–Crippen LogP) is 3.34. The number of benzene rings is 2. The lowest BCUT2D eigenvalue weighted by atomic mass is 10.2. The van der Waals surface area contributed by atoms with Gasteiger partial charge >= 0.3 is 0 Å². The van der Waals surface area contributed by atoms with Crippen LogP contribution in [0.2, 0.25) is 5.02 Å². The average molecular weight is 396 g/mol. The number of nitrogens with zero attached hydrogens (tertiary/aromatic N) is 1. The van der Waals surface area contributed by atoms with Crippen LogP contribution < -0.4 is 10.6 Å². The maximum atomic E-state index is 12.4. The number of carbonyl (C=O) groups is 1. The first-order valence-electron chi connectivity index (χ1n) is 7.97. The number of hydrogen-bond donors (Lipinski definition) is 2. The zero-order valence-electron chi connectivity index (χ0n) is 15.1. The summed E-state index contributed by atoms with van der Waals surface area (Å²) in [5, 5.41) is 6.41. The van der Waals surface area contributed by atoms with Crippen LogP contribution in [0.3, 0.4) is 0 Å². The largest absolute Gasteiger partial charge is 0.374 e. The number of rotatable bonds is 6. The Morgan fingerprint density at radius 1 is 1.12 bits per heavy atom. The van der Waals surface area contributed by atoms with E-state index >= 15 is 0 Å². The number of aryl methyl sites for hydroxylation is 1. The summed E-state index contributed by atoms with van der Waals surface area (Å²) in [6, 6.07) is 11.1. The van der Waals surface area contributed by atoms with Crippen molar-refractivity contribution in [2.75, 3.05) is 24.7 Å². The lowest BCUT2D eigenvalue weighted by molar-refractivity contribution is -0.116. The van der Waals surface area contributed by atoms with E-state index in [2.05, 4.69) is 10.6 Å². The normalized spacial score (nSPS) is 12.7. The van der Waals surface area contributed by atoms with Gasteiger partial charge in [-0.05, 0) is 49.7 Å². The van der Waals surface area contributed by atoms with Crippen LogP contribution in [0, 0.1) is 6.92 Å². The van der Waals surface area contributed by atoms with Crippen molar-refractivity contribution < 1.29 is 13.2 Å². The summed E-state index contributed by atoms with van der Waals surface area (Å²) in [5.41, 5.74) is 2.09. The van der Waals surface area contributed by atoms with Gasteiger partial charge in [-0.2, -0.15) is 0 Å². The molecule has 0 saturated carbocycles. The highest BCUT2D eigenvalue weighted by molar-refractivity contribution is 7.89. The Labute approximate surface area is 159 Å². The third-order valence-corrected chi connectivity index (χ3v) is 6.05. The minimum Gasteiger partial charge on any atom is -0.374 e. The Bertz CT molecular complexity index is 914. The van der Waals surface area contributed by atoms with E-state index in [1.54, 1.807) is 25.1 Å². The van der Waals surface area contributed by atoms with E-state index in [1.165, 1.54) is 26.2 Å². The number of hydrogen-bond acceptors (Lipinski definition) is 4. The molecule has 2 N–H and O–H groups in total. The molecule has 1 amide bonds. The molecule has 0 aliphatic rings. The van der Waals surface area contributed by atoms with Gasteiger partial charge in [0, 0.05) is 30.5 Å². The predicted molar refractivity (Wildman–Crippen MR) is 105 cm³/mol. The number of carbonyl (C=O) groups excluding carboxylic acids is 1. The van der Waals surface area contributed by atoms with Crippen molar-refractivity contribution in [2.45, 2.75) is 24.8 Å². The van der Waals surface area contributed by atoms with Gasteiger partial charge in [0.25, 0.3) is 0 Å². The van der Waals surface area contributed by atoms with Crippen LogP contribution in [0.5, 0.6) is 0 Å². The maximum absolute atomic E-state index is 12.4. The van der Waals surface area contributed by atoms with Crippen molar-refractivity contribution in [3.8, 4) is 0 Å². The summed E-state index contributed by atoms with van der Waals surface area (Å²) in [6.07, 6.45) is 0. The van der Waals surface area contributed by atoms with E-state index in [9.17, 15) is 13.2 Å². The molecule has 0 aliphatic carbocycles. The first kappa shape index (κ1) is 20.2. The molecule has 140 valence electrons. The summed E-state index contributed by atoms with van der Waals surface area (Å²) in [5.74, 6) is -0.291. The van der Waals surface area contributed by atoms with Crippen LogP contribution in [0.25, 0.3) is 0 Å². The fourth-order valence-electron chi connectivity index (χ4n) is 2.19. The summed E-state index contributed by atoms with van der Waals surface area (Å²) in [4.78, 5) is 12.5. The Kier molecular flexibility index (Phi) is 6.28. The molecule has 26 heavy (non-hydrogen) atoms. The van der Waals surface area contributed by atoms with E-state index in [0.29, 0.717) is 10.7 Å². The molecule has 0 aromatic heterocycles. The van der Waals surface area contributed by atoms with Crippen molar-refractivity contribution in [1.29, 1.82) is 0 Å². The highest BCUT2D eigenvalue weighted by Gasteiger charge is 2.18. The van der Waals surface area contributed by atoms with Crippen molar-refractivity contribution in [1.82, 2.24) is 4.31 Å². The van der Waals surface area contributed by atoms with E-state index < -0.39 is 16.1 Å². The van der Waals surface area contributed by atoms with Gasteiger partial charge in [0.1, 0.15) is 6.04 Å². The van der Waals surface area contributed by atoms with Crippen molar-refractivity contribution in [3.63, 3.8) is 0 Å². The second-order valence-electron chi connectivity index (χ2n) is 6.13. The number of anilines is 2. The molecule has 2 aromatic rings. The average Bonchev–Trinajstić information content (AvgIpc) is 2.58. The Balaban J connectivity index is 2.10. The quantitative estimate of drug-likeness (QED) is 0.786. The van der Waals surface area contributed by atoms with Gasteiger partial charge in [-0.1, -0.05) is 23.7 Å². The van der Waals surface area contributed by atoms with E-state index in [4.69, 9.17) is 11.6 Å². The molecule has 0 aliphatic heterocycles. The van der Waals surface area contributed by atoms with Crippen LogP contribution in [-0.4, -0.2) is 38.8 Å². The molecule has 0 radical (unpaired) electrons. The van der Waals surface area contributed by atoms with Crippen LogP contribution in [0.1, 0.15) is 12.5 Å². The number of nitrogens with one attached hydrogen (secondary N) is 2. The van der Waals surface area contributed by atoms with Crippen LogP contribution in [0.4, 0.5) is 11.4 Å². The van der Waals surface area contributed by atoms with Crippen molar-refractivity contribution >= 4 is 38.9 Å². The number of sulfonamides is 1. The molecule has 0 bridgehead atoms. The van der Waals surface area contributed by atoms with Crippen molar-refractivity contribution in [3.05, 3.63) is 53.1 Å². The second kappa shape index (κ2) is 8.07. The van der Waals surface area contributed by atoms with Gasteiger partial charge in [-0.15, -0.1) is 0 Å². The van der Waals surface area contributed by atoms with Crippen molar-refractivity contribution in [2.24, 2.45) is 0 Å². The summed E-state index contributed by atoms with van der Waals surface area (Å²) in [7, 11) is -0.646. The molecule has 0 saturated heterocycles. The second-order valence-corrected chi connectivity index (χ2v) is 8.69. The monoisotopic (exact) mass is 395 g/mol. The lowest BCUT2D eigenvalue weighted by Crippen LogP contribution is -2.32. The first-order valence-corrected chi connectivity index (χ1v) is 9.79. The smallest absolute Gasteiger partial charge is 0.246 e. The van der Waals surface area contributed by atoms with Gasteiger partial charge in [0.15, 0.2) is 0 Å². The fourth-order valence-corrected chi connectivity index (χ4v) is 3.32. The molecular weight excluding hydrogens is 374 g/mol. The summed E-state index contributed by atoms with van der Waals surface area (Å²) < 4.78 is 25.5. The number of halogens is 1. The maximum Gasteiger partial charge on any atom is 0.246 e. The molecule has 0 unspecified atom stereocenters. The molecule has 2 rings (SSSR count). The van der Waals surface area contributed by atoms with Gasteiger partial charge in [-0.3, -0.25) is 4.79 Å². The van der Waals surface area contributed by atoms with Crippen LogP contribution in [-0.2, 0) is 14.8 Å². The first-order chi connectivity index (χ1) is 12.1. The van der Waals surface area contributed by atoms with Crippen LogP contribution >= 0.6 is 11.6 Å². The summed E-state index contributed by atoms with van der Waals surface area (Å²) in [6.45, 7) is 3.61. The SMILES string of the molecule is Cc1ccc(N[C@@H](C)C(=O)Nc2cccc(S(=O)(=O)N(C)C)c2)cc1Cl. The Morgan fingerprint density at radius 3 is 2.42 bits per heavy atom. The van der Waals surface area contributed by atoms with E-state index in [1.807, 2.05) is 19.1 Å². The van der Waals surface area contributed by atoms with Gasteiger partial charge in [0.2, 0.25) is 15.9 Å². The zero-order chi connectivity index (χ0) is 19.5. The molecule has 2 aromatic carbocycles. The highest BCUT2D eigenvalue weighted by atomic mass is 35.5. The third kappa shape index (κ3) is 4.75. The van der Waals surface area contributed by atoms with Gasteiger partial charge in [-0.25, -0.2) is 12.7 Å². The molecular formula is C18H22ClN3O3S. The number of amides is 1. The topological polar surface area (TPSA) is 78.5 Å². The van der Waals surface area contributed by atoms with Gasteiger partial charge in [0.05, 0.1) is 4.90 Å². The highest BCUT2D eigenvalue weighted by Crippen LogP contribution is 2.21.